The standard InChI is InChI=1S/C13H18N2O2/c16-12-5-3-4-11(10-12)13(17)14-6-9-15-7-1-2-8-15/h3-5,10,16H,1-2,6-9H2,(H,14,17). The fourth-order valence-corrected chi connectivity index (χ4v) is 2.08. The summed E-state index contributed by atoms with van der Waals surface area (Å²) in [5.74, 6) is -0.00251. The highest BCUT2D eigenvalue weighted by Gasteiger charge is 2.11. The number of likely N-dealkylation sites (tertiary alicyclic amines) is 1. The first-order valence-electron chi connectivity index (χ1n) is 6.05. The van der Waals surface area contributed by atoms with Gasteiger partial charge in [-0.15, -0.1) is 0 Å². The molecule has 2 N–H and O–H groups in total. The van der Waals surface area contributed by atoms with E-state index in [2.05, 4.69) is 10.2 Å². The maximum absolute atomic E-state index is 11.7. The maximum atomic E-state index is 11.7. The molecule has 1 aliphatic rings. The van der Waals surface area contributed by atoms with Gasteiger partial charge >= 0.3 is 0 Å². The summed E-state index contributed by atoms with van der Waals surface area (Å²) in [6, 6.07) is 6.40. The molecule has 1 fully saturated rings. The molecule has 0 aliphatic carbocycles. The topological polar surface area (TPSA) is 52.6 Å². The summed E-state index contributed by atoms with van der Waals surface area (Å²) in [5, 5.41) is 12.1. The Hall–Kier alpha value is -1.55. The molecule has 0 bridgehead atoms. The Morgan fingerprint density at radius 1 is 1.35 bits per heavy atom. The number of hydrogen-bond acceptors (Lipinski definition) is 3. The van der Waals surface area contributed by atoms with E-state index in [4.69, 9.17) is 0 Å². The molecule has 1 aromatic rings. The van der Waals surface area contributed by atoms with Crippen LogP contribution in [0.2, 0.25) is 0 Å². The molecule has 1 saturated heterocycles. The van der Waals surface area contributed by atoms with Gasteiger partial charge in [-0.05, 0) is 44.1 Å². The summed E-state index contributed by atoms with van der Waals surface area (Å²) in [7, 11) is 0. The van der Waals surface area contributed by atoms with Crippen LogP contribution in [0.15, 0.2) is 24.3 Å². The molecule has 2 rings (SSSR count). The molecule has 4 heteroatoms. The van der Waals surface area contributed by atoms with Crippen LogP contribution < -0.4 is 5.32 Å². The number of phenolic OH excluding ortho intramolecular Hbond substituents is 1. The van der Waals surface area contributed by atoms with Gasteiger partial charge in [-0.2, -0.15) is 0 Å². The predicted molar refractivity (Wildman–Crippen MR) is 66.1 cm³/mol. The third-order valence-electron chi connectivity index (χ3n) is 3.02. The molecule has 1 aromatic carbocycles. The van der Waals surface area contributed by atoms with Crippen molar-refractivity contribution in [3.63, 3.8) is 0 Å². The summed E-state index contributed by atoms with van der Waals surface area (Å²) in [6.45, 7) is 3.85. The van der Waals surface area contributed by atoms with Gasteiger partial charge in [-0.3, -0.25) is 4.79 Å². The maximum Gasteiger partial charge on any atom is 0.251 e. The Morgan fingerprint density at radius 3 is 2.82 bits per heavy atom. The Morgan fingerprint density at radius 2 is 2.12 bits per heavy atom. The quantitative estimate of drug-likeness (QED) is 0.823. The number of nitrogens with one attached hydrogen (secondary N) is 1. The summed E-state index contributed by atoms with van der Waals surface area (Å²) < 4.78 is 0. The van der Waals surface area contributed by atoms with Gasteiger partial charge < -0.3 is 15.3 Å². The van der Waals surface area contributed by atoms with Gasteiger partial charge in [0.15, 0.2) is 0 Å². The molecule has 1 heterocycles. The molecular formula is C13H18N2O2. The highest BCUT2D eigenvalue weighted by molar-refractivity contribution is 5.94. The molecule has 1 amide bonds. The van der Waals surface area contributed by atoms with Gasteiger partial charge in [0.05, 0.1) is 0 Å². The molecule has 0 unspecified atom stereocenters. The summed E-state index contributed by atoms with van der Waals surface area (Å²) in [6.07, 6.45) is 2.53. The van der Waals surface area contributed by atoms with Crippen LogP contribution in [0.5, 0.6) is 5.75 Å². The van der Waals surface area contributed by atoms with Crippen LogP contribution in [0, 0.1) is 0 Å². The van der Waals surface area contributed by atoms with Crippen LogP contribution in [-0.4, -0.2) is 42.1 Å². The van der Waals surface area contributed by atoms with E-state index in [9.17, 15) is 9.90 Å². The van der Waals surface area contributed by atoms with E-state index in [-0.39, 0.29) is 11.7 Å². The first kappa shape index (κ1) is 11.9. The highest BCUT2D eigenvalue weighted by Crippen LogP contribution is 2.10. The van der Waals surface area contributed by atoms with Crippen LogP contribution in [0.1, 0.15) is 23.2 Å². The zero-order valence-corrected chi connectivity index (χ0v) is 9.85. The smallest absolute Gasteiger partial charge is 0.251 e. The molecular weight excluding hydrogens is 216 g/mol. The van der Waals surface area contributed by atoms with Gasteiger partial charge in [0.2, 0.25) is 0 Å². The van der Waals surface area contributed by atoms with Gasteiger partial charge in [0, 0.05) is 18.7 Å². The third kappa shape index (κ3) is 3.46. The predicted octanol–water partition coefficient (Wildman–Crippen LogP) is 1.22. The minimum Gasteiger partial charge on any atom is -0.508 e. The normalized spacial score (nSPS) is 16.0. The Balaban J connectivity index is 1.77. The van der Waals surface area contributed by atoms with Crippen LogP contribution in [0.3, 0.4) is 0 Å². The van der Waals surface area contributed by atoms with E-state index in [1.807, 2.05) is 0 Å². The Labute approximate surface area is 101 Å². The number of nitrogens with zero attached hydrogens (tertiary/aromatic N) is 1. The lowest BCUT2D eigenvalue weighted by Crippen LogP contribution is -2.33. The molecule has 4 nitrogen and oxygen atoms in total. The van der Waals surface area contributed by atoms with E-state index in [0.29, 0.717) is 12.1 Å². The van der Waals surface area contributed by atoms with Crippen molar-refractivity contribution in [1.29, 1.82) is 0 Å². The average molecular weight is 234 g/mol. The first-order chi connectivity index (χ1) is 8.25. The number of amides is 1. The lowest BCUT2D eigenvalue weighted by atomic mass is 10.2. The van der Waals surface area contributed by atoms with Crippen molar-refractivity contribution in [2.24, 2.45) is 0 Å². The van der Waals surface area contributed by atoms with Crippen LogP contribution in [0.25, 0.3) is 0 Å². The van der Waals surface area contributed by atoms with Crippen molar-refractivity contribution in [3.05, 3.63) is 29.8 Å². The Kier molecular flexibility index (Phi) is 3.98. The van der Waals surface area contributed by atoms with E-state index < -0.39 is 0 Å². The van der Waals surface area contributed by atoms with E-state index in [0.717, 1.165) is 19.6 Å². The molecule has 0 radical (unpaired) electrons. The number of carbonyl (C=O) groups is 1. The third-order valence-corrected chi connectivity index (χ3v) is 3.02. The second-order valence-corrected chi connectivity index (χ2v) is 4.35. The fraction of sp³-hybridized carbons (Fsp3) is 0.462. The number of rotatable bonds is 4. The van der Waals surface area contributed by atoms with E-state index in [1.54, 1.807) is 18.2 Å². The van der Waals surface area contributed by atoms with Gasteiger partial charge in [0.25, 0.3) is 5.91 Å². The molecule has 0 atom stereocenters. The van der Waals surface area contributed by atoms with Crippen molar-refractivity contribution in [2.45, 2.75) is 12.8 Å². The summed E-state index contributed by atoms with van der Waals surface area (Å²) in [4.78, 5) is 14.1. The van der Waals surface area contributed by atoms with Gasteiger partial charge in [-0.25, -0.2) is 0 Å². The Bertz CT molecular complexity index is 387. The van der Waals surface area contributed by atoms with Crippen molar-refractivity contribution in [3.8, 4) is 5.75 Å². The molecule has 1 aliphatic heterocycles. The minimum absolute atomic E-state index is 0.122. The van der Waals surface area contributed by atoms with Crippen molar-refractivity contribution in [2.75, 3.05) is 26.2 Å². The van der Waals surface area contributed by atoms with Crippen LogP contribution in [0.4, 0.5) is 0 Å². The van der Waals surface area contributed by atoms with Crippen LogP contribution >= 0.6 is 0 Å². The lowest BCUT2D eigenvalue weighted by molar-refractivity contribution is 0.0949. The highest BCUT2D eigenvalue weighted by atomic mass is 16.3. The zero-order chi connectivity index (χ0) is 12.1. The summed E-state index contributed by atoms with van der Waals surface area (Å²) >= 11 is 0. The van der Waals surface area contributed by atoms with Crippen molar-refractivity contribution < 1.29 is 9.90 Å². The molecule has 17 heavy (non-hydrogen) atoms. The number of hydrogen-bond donors (Lipinski definition) is 2. The van der Waals surface area contributed by atoms with E-state index in [1.165, 1.54) is 18.9 Å². The zero-order valence-electron chi connectivity index (χ0n) is 9.85. The molecule has 0 spiro atoms. The average Bonchev–Trinajstić information content (AvgIpc) is 2.82. The number of aromatic hydroxyl groups is 1. The second-order valence-electron chi connectivity index (χ2n) is 4.35. The van der Waals surface area contributed by atoms with Crippen molar-refractivity contribution >= 4 is 5.91 Å². The SMILES string of the molecule is O=C(NCCN1CCCC1)c1cccc(O)c1. The first-order valence-corrected chi connectivity index (χ1v) is 6.05. The second kappa shape index (κ2) is 5.68. The molecule has 92 valence electrons. The molecule has 0 aromatic heterocycles. The van der Waals surface area contributed by atoms with Gasteiger partial charge in [-0.1, -0.05) is 6.07 Å². The van der Waals surface area contributed by atoms with Crippen molar-refractivity contribution in [1.82, 2.24) is 10.2 Å². The minimum atomic E-state index is -0.125. The number of carbonyl (C=O) groups excluding carboxylic acids is 1. The number of benzene rings is 1. The monoisotopic (exact) mass is 234 g/mol. The lowest BCUT2D eigenvalue weighted by Gasteiger charge is -2.14. The van der Waals surface area contributed by atoms with Crippen LogP contribution in [-0.2, 0) is 0 Å². The summed E-state index contributed by atoms with van der Waals surface area (Å²) in [5.41, 5.74) is 0.506. The fourth-order valence-electron chi connectivity index (χ4n) is 2.08. The number of phenols is 1. The van der Waals surface area contributed by atoms with Gasteiger partial charge in [0.1, 0.15) is 5.75 Å². The largest absolute Gasteiger partial charge is 0.508 e. The van der Waals surface area contributed by atoms with E-state index >= 15 is 0 Å². The molecule has 0 saturated carbocycles.